The Morgan fingerprint density at radius 1 is 0.906 bits per heavy atom. The van der Waals surface area contributed by atoms with Gasteiger partial charge in [-0.2, -0.15) is 5.26 Å². The quantitative estimate of drug-likeness (QED) is 0.324. The second-order valence-electron chi connectivity index (χ2n) is 14.4. The van der Waals surface area contributed by atoms with Crippen LogP contribution < -0.4 is 20.3 Å². The number of nitriles is 1. The van der Waals surface area contributed by atoms with E-state index >= 15 is 0 Å². The summed E-state index contributed by atoms with van der Waals surface area (Å²) >= 11 is 6.14. The third-order valence-corrected chi connectivity index (χ3v) is 11.3. The molecule has 2 N–H and O–H groups in total. The van der Waals surface area contributed by atoms with E-state index in [0.29, 0.717) is 22.9 Å². The number of piperazine rings is 1. The Hall–Kier alpha value is -5.39. The summed E-state index contributed by atoms with van der Waals surface area (Å²) in [5, 5.41) is 23.6. The first-order valence-corrected chi connectivity index (χ1v) is 18.4. The van der Waals surface area contributed by atoms with Gasteiger partial charge in [-0.25, -0.2) is 0 Å². The zero-order valence-electron chi connectivity index (χ0n) is 28.8. The highest BCUT2D eigenvalue weighted by Gasteiger charge is 2.45. The first-order valence-electron chi connectivity index (χ1n) is 18.0. The molecular weight excluding hydrogens is 700 g/mol. The van der Waals surface area contributed by atoms with Crippen LogP contribution >= 0.6 is 11.6 Å². The van der Waals surface area contributed by atoms with Crippen LogP contribution in [0.1, 0.15) is 93.7 Å². The number of halogens is 1. The number of ether oxygens (including phenoxy) is 1. The van der Waals surface area contributed by atoms with E-state index in [1.54, 1.807) is 36.4 Å². The molecule has 53 heavy (non-hydrogen) atoms. The van der Waals surface area contributed by atoms with Crippen LogP contribution in [0.2, 0.25) is 5.02 Å². The molecule has 14 nitrogen and oxygen atoms in total. The summed E-state index contributed by atoms with van der Waals surface area (Å²) in [4.78, 5) is 69.2. The highest BCUT2D eigenvalue weighted by atomic mass is 35.5. The average Bonchev–Trinajstić information content (AvgIpc) is 3.56. The number of fused-ring (bicyclic) bond motifs is 3. The van der Waals surface area contributed by atoms with Crippen molar-refractivity contribution < 1.29 is 28.7 Å². The predicted octanol–water partition coefficient (Wildman–Crippen LogP) is 3.38. The molecule has 8 rings (SSSR count). The lowest BCUT2D eigenvalue weighted by Crippen LogP contribution is -2.54. The third kappa shape index (κ3) is 6.82. The molecule has 3 unspecified atom stereocenters. The smallest absolute Gasteiger partial charge is 0.272 e. The molecule has 1 aliphatic carbocycles. The van der Waals surface area contributed by atoms with Crippen LogP contribution in [-0.4, -0.2) is 92.9 Å². The largest absolute Gasteiger partial charge is 0.490 e. The molecule has 15 heteroatoms. The van der Waals surface area contributed by atoms with Crippen LogP contribution in [-0.2, 0) is 16.1 Å². The number of amides is 5. The minimum Gasteiger partial charge on any atom is -0.490 e. The van der Waals surface area contributed by atoms with Crippen molar-refractivity contribution in [2.75, 3.05) is 18.0 Å². The molecule has 5 amide bonds. The van der Waals surface area contributed by atoms with Gasteiger partial charge in [0.25, 0.3) is 17.7 Å². The summed E-state index contributed by atoms with van der Waals surface area (Å²) in [7, 11) is 0. The topological polar surface area (TPSA) is 178 Å². The Labute approximate surface area is 310 Å². The zero-order chi connectivity index (χ0) is 36.8. The monoisotopic (exact) mass is 736 g/mol. The maximum absolute atomic E-state index is 13.3. The molecule has 4 fully saturated rings. The molecule has 1 aromatic heterocycles. The molecule has 2 bridgehead atoms. The number of carbonyl (C=O) groups excluding carboxylic acids is 5. The van der Waals surface area contributed by atoms with E-state index in [4.69, 9.17) is 21.6 Å². The van der Waals surface area contributed by atoms with Crippen molar-refractivity contribution in [2.45, 2.75) is 88.2 Å². The van der Waals surface area contributed by atoms with E-state index in [2.05, 4.69) is 30.6 Å². The van der Waals surface area contributed by atoms with Crippen LogP contribution in [0.25, 0.3) is 0 Å². The second kappa shape index (κ2) is 14.2. The minimum absolute atomic E-state index is 0.00293. The lowest BCUT2D eigenvalue weighted by Gasteiger charge is -2.41. The third-order valence-electron chi connectivity index (χ3n) is 11.0. The summed E-state index contributed by atoms with van der Waals surface area (Å²) in [5.74, 6) is -0.935. The van der Waals surface area contributed by atoms with E-state index < -0.39 is 29.7 Å². The van der Waals surface area contributed by atoms with E-state index in [-0.39, 0.29) is 59.8 Å². The van der Waals surface area contributed by atoms with Crippen molar-refractivity contribution in [1.29, 1.82) is 5.26 Å². The van der Waals surface area contributed by atoms with Crippen molar-refractivity contribution >= 4 is 47.0 Å². The van der Waals surface area contributed by atoms with Crippen molar-refractivity contribution in [3.8, 4) is 11.8 Å². The second-order valence-corrected chi connectivity index (χ2v) is 14.8. The fourth-order valence-electron chi connectivity index (χ4n) is 8.39. The number of aromatic nitrogens is 2. The molecule has 4 aliphatic heterocycles. The Balaban J connectivity index is 0.836. The van der Waals surface area contributed by atoms with Gasteiger partial charge >= 0.3 is 0 Å². The van der Waals surface area contributed by atoms with Crippen molar-refractivity contribution in [3.63, 3.8) is 0 Å². The maximum atomic E-state index is 13.3. The van der Waals surface area contributed by atoms with E-state index in [0.717, 1.165) is 67.9 Å². The van der Waals surface area contributed by atoms with Crippen molar-refractivity contribution in [1.82, 2.24) is 30.6 Å². The number of hydrogen-bond donors (Lipinski definition) is 2. The number of anilines is 1. The molecule has 3 aromatic rings. The van der Waals surface area contributed by atoms with Gasteiger partial charge in [0.15, 0.2) is 11.5 Å². The predicted molar refractivity (Wildman–Crippen MR) is 190 cm³/mol. The number of rotatable bonds is 8. The number of hydrogen-bond acceptors (Lipinski definition) is 11. The van der Waals surface area contributed by atoms with E-state index in [9.17, 15) is 24.0 Å². The fourth-order valence-corrected chi connectivity index (χ4v) is 8.60. The van der Waals surface area contributed by atoms with Crippen LogP contribution in [0, 0.1) is 11.3 Å². The lowest BCUT2D eigenvalue weighted by atomic mass is 9.93. The van der Waals surface area contributed by atoms with E-state index in [1.165, 1.54) is 0 Å². The van der Waals surface area contributed by atoms with Gasteiger partial charge in [0, 0.05) is 50.2 Å². The molecular formula is C38H37ClN8O6. The first-order chi connectivity index (χ1) is 25.6. The molecule has 1 saturated carbocycles. The van der Waals surface area contributed by atoms with Gasteiger partial charge in [0.05, 0.1) is 27.8 Å². The van der Waals surface area contributed by atoms with Crippen molar-refractivity contribution in [2.24, 2.45) is 0 Å². The summed E-state index contributed by atoms with van der Waals surface area (Å²) in [6.07, 6.45) is 5.26. The Morgan fingerprint density at radius 3 is 2.34 bits per heavy atom. The zero-order valence-corrected chi connectivity index (χ0v) is 29.6. The van der Waals surface area contributed by atoms with E-state index in [1.807, 2.05) is 18.2 Å². The summed E-state index contributed by atoms with van der Waals surface area (Å²) in [5.41, 5.74) is 2.13. The first kappa shape index (κ1) is 34.7. The number of piperidine rings is 1. The minimum atomic E-state index is -0.992. The fraction of sp³-hybridized carbons (Fsp3) is 0.421. The van der Waals surface area contributed by atoms with Crippen molar-refractivity contribution in [3.05, 3.63) is 81.5 Å². The number of likely N-dealkylation sites (tertiary alicyclic amines) is 1. The van der Waals surface area contributed by atoms with Gasteiger partial charge in [-0.3, -0.25) is 39.1 Å². The normalized spacial score (nSPS) is 25.5. The molecule has 5 aliphatic rings. The van der Waals surface area contributed by atoms with Gasteiger partial charge in [-0.1, -0.05) is 17.7 Å². The summed E-state index contributed by atoms with van der Waals surface area (Å²) in [6, 6.07) is 15.4. The van der Waals surface area contributed by atoms with Gasteiger partial charge in [0.2, 0.25) is 11.8 Å². The van der Waals surface area contributed by atoms with Crippen LogP contribution in [0.3, 0.4) is 0 Å². The van der Waals surface area contributed by atoms with Gasteiger partial charge in [0.1, 0.15) is 17.9 Å². The number of nitrogens with one attached hydrogen (secondary N) is 2. The highest BCUT2D eigenvalue weighted by Crippen LogP contribution is 2.35. The van der Waals surface area contributed by atoms with Crippen LogP contribution in [0.5, 0.6) is 5.75 Å². The number of benzene rings is 2. The molecule has 272 valence electrons. The maximum Gasteiger partial charge on any atom is 0.272 e. The standard InChI is InChI=1S/C38H37ClN8O6/c39-30-16-27(7-2-22(30)17-40)53-26-8-3-23(4-9-26)41-35(49)31-11-13-33(44-43-31)46-24-5-6-25(46)20-45(19-24)18-21-1-10-28-29(15-21)38(52)47(37(28)51)32-12-14-34(48)42-36(32)50/h1-2,7,10-11,13,15-16,23-26,32H,3-6,8-9,12,14,18-20H2,(H,41,49)(H,42,48,50). The number of carbonyl (C=O) groups is 5. The molecule has 0 spiro atoms. The summed E-state index contributed by atoms with van der Waals surface area (Å²) in [6.45, 7) is 2.14. The molecule has 5 heterocycles. The summed E-state index contributed by atoms with van der Waals surface area (Å²) < 4.78 is 6.07. The van der Waals surface area contributed by atoms with Crippen LogP contribution in [0.15, 0.2) is 48.5 Å². The molecule has 0 radical (unpaired) electrons. The molecule has 3 saturated heterocycles. The number of imide groups is 2. The van der Waals surface area contributed by atoms with Gasteiger partial charge in [-0.05, 0) is 86.9 Å². The molecule has 2 aromatic carbocycles. The SMILES string of the molecule is N#Cc1ccc(OC2CCC(NC(=O)c3ccc(N4C5CCC4CN(Cc4ccc6c(c4)C(=O)N(C4CCC(=O)NC4=O)C6=O)C5)nn3)CC2)cc1Cl. The van der Waals surface area contributed by atoms with Crippen LogP contribution in [0.4, 0.5) is 5.82 Å². The highest BCUT2D eigenvalue weighted by molar-refractivity contribution is 6.31. The Morgan fingerprint density at radius 2 is 1.66 bits per heavy atom. The average molecular weight is 737 g/mol. The van der Waals surface area contributed by atoms with Gasteiger partial charge in [-0.15, -0.1) is 10.2 Å². The number of nitrogens with zero attached hydrogens (tertiary/aromatic N) is 6. The lowest BCUT2D eigenvalue weighted by molar-refractivity contribution is -0.136. The van der Waals surface area contributed by atoms with Gasteiger partial charge < -0.3 is 15.0 Å². The molecule has 3 atom stereocenters. The Bertz CT molecular complexity index is 2030. The Kier molecular flexibility index (Phi) is 9.30.